The first kappa shape index (κ1) is 10.6. The highest BCUT2D eigenvalue weighted by Crippen LogP contribution is 2.12. The number of aliphatic hydroxyl groups excluding tert-OH is 1. The molecule has 0 spiro atoms. The van der Waals surface area contributed by atoms with Crippen LogP contribution in [0, 0.1) is 0 Å². The van der Waals surface area contributed by atoms with Crippen LogP contribution in [0.1, 0.15) is 12.0 Å². The fourth-order valence-electron chi connectivity index (χ4n) is 2.00. The number of hydrogen-bond donors (Lipinski definition) is 2. The molecule has 0 radical (unpaired) electrons. The van der Waals surface area contributed by atoms with E-state index in [9.17, 15) is 5.11 Å². The summed E-state index contributed by atoms with van der Waals surface area (Å²) in [6, 6.07) is 10.3. The van der Waals surface area contributed by atoms with E-state index in [1.165, 1.54) is 5.56 Å². The van der Waals surface area contributed by atoms with Crippen molar-refractivity contribution in [2.45, 2.75) is 25.1 Å². The van der Waals surface area contributed by atoms with Crippen LogP contribution in [0.15, 0.2) is 30.3 Å². The van der Waals surface area contributed by atoms with Crippen LogP contribution in [0.4, 0.5) is 0 Å². The average Bonchev–Trinajstić information content (AvgIpc) is 2.25. The van der Waals surface area contributed by atoms with Crippen molar-refractivity contribution in [3.8, 4) is 0 Å². The number of nitrogens with two attached hydrogens (primary N) is 1. The molecule has 3 nitrogen and oxygen atoms in total. The molecule has 1 aliphatic heterocycles. The van der Waals surface area contributed by atoms with Crippen molar-refractivity contribution in [3.05, 3.63) is 35.9 Å². The third-order valence-electron chi connectivity index (χ3n) is 2.97. The maximum Gasteiger partial charge on any atom is 0.0818 e. The van der Waals surface area contributed by atoms with Crippen molar-refractivity contribution in [1.82, 2.24) is 4.90 Å². The van der Waals surface area contributed by atoms with Crippen molar-refractivity contribution in [2.24, 2.45) is 5.73 Å². The fraction of sp³-hybridized carbons (Fsp3) is 0.500. The molecule has 1 heterocycles. The summed E-state index contributed by atoms with van der Waals surface area (Å²) in [5, 5.41) is 9.66. The third-order valence-corrected chi connectivity index (χ3v) is 2.97. The number of aliphatic hydroxyl groups is 1. The summed E-state index contributed by atoms with van der Waals surface area (Å²) in [7, 11) is 0. The fourth-order valence-corrected chi connectivity index (χ4v) is 2.00. The molecule has 0 aliphatic carbocycles. The first-order valence-corrected chi connectivity index (χ1v) is 5.45. The maximum absolute atomic E-state index is 9.66. The van der Waals surface area contributed by atoms with E-state index in [0.717, 1.165) is 19.5 Å². The summed E-state index contributed by atoms with van der Waals surface area (Å²) >= 11 is 0. The van der Waals surface area contributed by atoms with Gasteiger partial charge < -0.3 is 10.8 Å². The van der Waals surface area contributed by atoms with Gasteiger partial charge in [-0.05, 0) is 12.0 Å². The molecule has 2 rings (SSSR count). The molecule has 1 aromatic carbocycles. The molecule has 1 fully saturated rings. The second-order valence-electron chi connectivity index (χ2n) is 4.24. The van der Waals surface area contributed by atoms with Crippen LogP contribution in [0.5, 0.6) is 0 Å². The van der Waals surface area contributed by atoms with Crippen LogP contribution in [-0.2, 0) is 6.54 Å². The molecule has 0 amide bonds. The Kier molecular flexibility index (Phi) is 3.36. The van der Waals surface area contributed by atoms with Crippen LogP contribution in [0.25, 0.3) is 0 Å². The monoisotopic (exact) mass is 206 g/mol. The number of likely N-dealkylation sites (tertiary alicyclic amines) is 1. The summed E-state index contributed by atoms with van der Waals surface area (Å²) in [6.07, 6.45) is 0.510. The minimum atomic E-state index is -0.373. The highest BCUT2D eigenvalue weighted by Gasteiger charge is 2.24. The third kappa shape index (κ3) is 2.78. The van der Waals surface area contributed by atoms with Gasteiger partial charge in [0.25, 0.3) is 0 Å². The van der Waals surface area contributed by atoms with Gasteiger partial charge in [0.05, 0.1) is 6.10 Å². The van der Waals surface area contributed by atoms with Gasteiger partial charge in [0.1, 0.15) is 0 Å². The van der Waals surface area contributed by atoms with Crippen LogP contribution in [-0.4, -0.2) is 35.2 Å². The molecular weight excluding hydrogens is 188 g/mol. The number of nitrogens with zero attached hydrogens (tertiary/aromatic N) is 1. The molecular formula is C12H18N2O. The van der Waals surface area contributed by atoms with Gasteiger partial charge in [0.15, 0.2) is 0 Å². The van der Waals surface area contributed by atoms with E-state index >= 15 is 0 Å². The van der Waals surface area contributed by atoms with Crippen LogP contribution in [0.2, 0.25) is 0 Å². The quantitative estimate of drug-likeness (QED) is 0.744. The van der Waals surface area contributed by atoms with Gasteiger partial charge in [0.2, 0.25) is 0 Å². The molecule has 2 atom stereocenters. The number of β-amino-alcohol motifs (C(OH)–C–C–N with tert-alkyl or cyclic N) is 1. The SMILES string of the molecule is N[C@@H]1CCN(Cc2ccccc2)CC1O. The molecule has 1 unspecified atom stereocenters. The molecule has 82 valence electrons. The summed E-state index contributed by atoms with van der Waals surface area (Å²) in [4.78, 5) is 2.25. The normalized spacial score (nSPS) is 27.9. The Balaban J connectivity index is 1.91. The number of rotatable bonds is 2. The second-order valence-corrected chi connectivity index (χ2v) is 4.24. The standard InChI is InChI=1S/C12H18N2O/c13-11-6-7-14(9-12(11)15)8-10-4-2-1-3-5-10/h1-5,11-12,15H,6-9,13H2/t11-,12?/m1/s1. The molecule has 1 aromatic rings. The summed E-state index contributed by atoms with van der Waals surface area (Å²) in [5.41, 5.74) is 7.05. The zero-order chi connectivity index (χ0) is 10.7. The first-order valence-electron chi connectivity index (χ1n) is 5.45. The summed E-state index contributed by atoms with van der Waals surface area (Å²) in [5.74, 6) is 0. The maximum atomic E-state index is 9.66. The van der Waals surface area contributed by atoms with Gasteiger partial charge in [-0.2, -0.15) is 0 Å². The smallest absolute Gasteiger partial charge is 0.0818 e. The zero-order valence-corrected chi connectivity index (χ0v) is 8.84. The molecule has 0 saturated carbocycles. The minimum Gasteiger partial charge on any atom is -0.390 e. The number of benzene rings is 1. The summed E-state index contributed by atoms with van der Waals surface area (Å²) < 4.78 is 0. The molecule has 1 saturated heterocycles. The second kappa shape index (κ2) is 4.75. The van der Waals surface area contributed by atoms with E-state index in [4.69, 9.17) is 5.73 Å². The topological polar surface area (TPSA) is 49.5 Å². The van der Waals surface area contributed by atoms with Crippen molar-refractivity contribution in [2.75, 3.05) is 13.1 Å². The van der Waals surface area contributed by atoms with E-state index in [2.05, 4.69) is 17.0 Å². The Bertz CT molecular complexity index is 302. The van der Waals surface area contributed by atoms with Crippen molar-refractivity contribution in [1.29, 1.82) is 0 Å². The Morgan fingerprint density at radius 2 is 2.07 bits per heavy atom. The Labute approximate surface area is 90.5 Å². The van der Waals surface area contributed by atoms with Gasteiger partial charge in [-0.1, -0.05) is 30.3 Å². The number of piperidine rings is 1. The lowest BCUT2D eigenvalue weighted by atomic mass is 10.0. The molecule has 15 heavy (non-hydrogen) atoms. The van der Waals surface area contributed by atoms with Crippen molar-refractivity contribution < 1.29 is 5.11 Å². The molecule has 3 N–H and O–H groups in total. The van der Waals surface area contributed by atoms with Gasteiger partial charge in [-0.15, -0.1) is 0 Å². The zero-order valence-electron chi connectivity index (χ0n) is 8.84. The lowest BCUT2D eigenvalue weighted by Crippen LogP contribution is -2.50. The number of hydrogen-bond acceptors (Lipinski definition) is 3. The lowest BCUT2D eigenvalue weighted by Gasteiger charge is -2.34. The largest absolute Gasteiger partial charge is 0.390 e. The van der Waals surface area contributed by atoms with E-state index in [0.29, 0.717) is 6.54 Å². The molecule has 3 heteroatoms. The predicted molar refractivity (Wildman–Crippen MR) is 60.3 cm³/mol. The Hall–Kier alpha value is -0.900. The van der Waals surface area contributed by atoms with Crippen molar-refractivity contribution >= 4 is 0 Å². The first-order chi connectivity index (χ1) is 7.25. The summed E-state index contributed by atoms with van der Waals surface area (Å²) in [6.45, 7) is 2.58. The Morgan fingerprint density at radius 1 is 1.33 bits per heavy atom. The van der Waals surface area contributed by atoms with Crippen LogP contribution in [0.3, 0.4) is 0 Å². The predicted octanol–water partition coefficient (Wildman–Crippen LogP) is 0.580. The minimum absolute atomic E-state index is 0.0444. The van der Waals surface area contributed by atoms with E-state index < -0.39 is 0 Å². The molecule has 1 aliphatic rings. The molecule has 0 aromatic heterocycles. The van der Waals surface area contributed by atoms with Crippen LogP contribution >= 0.6 is 0 Å². The van der Waals surface area contributed by atoms with E-state index in [1.807, 2.05) is 18.2 Å². The van der Waals surface area contributed by atoms with Gasteiger partial charge in [-0.3, -0.25) is 4.90 Å². The highest BCUT2D eigenvalue weighted by molar-refractivity contribution is 5.14. The van der Waals surface area contributed by atoms with Gasteiger partial charge >= 0.3 is 0 Å². The van der Waals surface area contributed by atoms with E-state index in [1.54, 1.807) is 0 Å². The van der Waals surface area contributed by atoms with Gasteiger partial charge in [-0.25, -0.2) is 0 Å². The Morgan fingerprint density at radius 3 is 2.73 bits per heavy atom. The van der Waals surface area contributed by atoms with Crippen LogP contribution < -0.4 is 5.73 Å². The molecule has 0 bridgehead atoms. The lowest BCUT2D eigenvalue weighted by molar-refractivity contribution is 0.0499. The van der Waals surface area contributed by atoms with E-state index in [-0.39, 0.29) is 12.1 Å². The average molecular weight is 206 g/mol. The highest BCUT2D eigenvalue weighted by atomic mass is 16.3. The van der Waals surface area contributed by atoms with Gasteiger partial charge in [0, 0.05) is 25.7 Å². The van der Waals surface area contributed by atoms with Crippen molar-refractivity contribution in [3.63, 3.8) is 0 Å².